The van der Waals surface area contributed by atoms with Crippen LogP contribution in [0.4, 0.5) is 0 Å². The molecule has 0 aliphatic carbocycles. The van der Waals surface area contributed by atoms with E-state index in [1.165, 1.54) is 12.8 Å². The fourth-order valence-electron chi connectivity index (χ4n) is 2.57. The van der Waals surface area contributed by atoms with Gasteiger partial charge in [-0.1, -0.05) is 25.4 Å². The predicted molar refractivity (Wildman–Crippen MR) is 68.2 cm³/mol. The molecule has 0 radical (unpaired) electrons. The van der Waals surface area contributed by atoms with Crippen LogP contribution in [0.2, 0.25) is 0 Å². The van der Waals surface area contributed by atoms with E-state index in [2.05, 4.69) is 29.3 Å². The fraction of sp³-hybridized carbons (Fsp3) is 0.846. The second-order valence-corrected chi connectivity index (χ2v) is 4.86. The van der Waals surface area contributed by atoms with E-state index in [1.54, 1.807) is 7.11 Å². The lowest BCUT2D eigenvalue weighted by atomic mass is 9.96. The molecule has 1 aromatic heterocycles. The minimum absolute atomic E-state index is 0.211. The van der Waals surface area contributed by atoms with Crippen molar-refractivity contribution in [3.63, 3.8) is 0 Å². The number of nitrogens with zero attached hydrogens (tertiary/aromatic N) is 2. The number of aromatic nitrogens is 2. The molecule has 2 rings (SSSR count). The summed E-state index contributed by atoms with van der Waals surface area (Å²) in [7, 11) is 1.71. The van der Waals surface area contributed by atoms with Gasteiger partial charge in [0.25, 0.3) is 0 Å². The van der Waals surface area contributed by atoms with Crippen molar-refractivity contribution in [1.29, 1.82) is 0 Å². The summed E-state index contributed by atoms with van der Waals surface area (Å²) >= 11 is 0. The summed E-state index contributed by atoms with van der Waals surface area (Å²) in [6, 6.07) is 0.211. The smallest absolute Gasteiger partial charge is 0.243 e. The third-order valence-corrected chi connectivity index (χ3v) is 3.99. The van der Waals surface area contributed by atoms with Gasteiger partial charge >= 0.3 is 0 Å². The lowest BCUT2D eigenvalue weighted by molar-refractivity contribution is -0.0306. The van der Waals surface area contributed by atoms with Crippen LogP contribution in [0.1, 0.15) is 63.7 Å². The van der Waals surface area contributed by atoms with Gasteiger partial charge < -0.3 is 14.6 Å². The van der Waals surface area contributed by atoms with Crippen LogP contribution in [-0.4, -0.2) is 23.8 Å². The van der Waals surface area contributed by atoms with Crippen molar-refractivity contribution in [2.45, 2.75) is 57.6 Å². The van der Waals surface area contributed by atoms with E-state index in [1.807, 2.05) is 0 Å². The molecule has 1 aliphatic heterocycles. The number of hydrogen-bond acceptors (Lipinski definition) is 5. The summed E-state index contributed by atoms with van der Waals surface area (Å²) in [6.45, 7) is 5.20. The van der Waals surface area contributed by atoms with Gasteiger partial charge in [0.1, 0.15) is 5.60 Å². The zero-order valence-electron chi connectivity index (χ0n) is 11.5. The standard InChI is InChI=1S/C13H23N3O2/c1-4-13(5-2,17-3)12-15-11(18-16-12)10-8-6-7-9-14-10/h10,14H,4-9H2,1-3H3/t10-/m0/s1. The fourth-order valence-corrected chi connectivity index (χ4v) is 2.57. The van der Waals surface area contributed by atoms with Crippen LogP contribution < -0.4 is 5.32 Å². The molecule has 0 bridgehead atoms. The summed E-state index contributed by atoms with van der Waals surface area (Å²) in [6.07, 6.45) is 5.20. The SMILES string of the molecule is CCC(CC)(OC)c1noc([C@@H]2CCCCN2)n1. The number of nitrogens with one attached hydrogen (secondary N) is 1. The third kappa shape index (κ3) is 2.42. The molecule has 1 saturated heterocycles. The molecular weight excluding hydrogens is 230 g/mol. The molecule has 0 spiro atoms. The molecule has 1 atom stereocenters. The Hall–Kier alpha value is -0.940. The van der Waals surface area contributed by atoms with E-state index < -0.39 is 5.60 Å². The highest BCUT2D eigenvalue weighted by Crippen LogP contribution is 2.31. The molecule has 0 saturated carbocycles. The first-order valence-corrected chi connectivity index (χ1v) is 6.88. The second-order valence-electron chi connectivity index (χ2n) is 4.86. The maximum atomic E-state index is 5.62. The summed E-state index contributed by atoms with van der Waals surface area (Å²) in [5, 5.41) is 7.54. The average Bonchev–Trinajstić information content (AvgIpc) is 2.93. The van der Waals surface area contributed by atoms with Crippen molar-refractivity contribution in [1.82, 2.24) is 15.5 Å². The maximum absolute atomic E-state index is 5.62. The van der Waals surface area contributed by atoms with Crippen LogP contribution >= 0.6 is 0 Å². The van der Waals surface area contributed by atoms with Crippen LogP contribution in [-0.2, 0) is 10.3 Å². The van der Waals surface area contributed by atoms with Crippen molar-refractivity contribution in [3.8, 4) is 0 Å². The van der Waals surface area contributed by atoms with Crippen LogP contribution in [0.15, 0.2) is 4.52 Å². The van der Waals surface area contributed by atoms with Gasteiger partial charge in [-0.25, -0.2) is 0 Å². The van der Waals surface area contributed by atoms with E-state index in [-0.39, 0.29) is 6.04 Å². The molecular formula is C13H23N3O2. The Morgan fingerprint density at radius 1 is 1.39 bits per heavy atom. The zero-order chi connectivity index (χ0) is 13.0. The Labute approximate surface area is 108 Å². The van der Waals surface area contributed by atoms with E-state index in [0.717, 1.165) is 25.8 Å². The Morgan fingerprint density at radius 2 is 2.17 bits per heavy atom. The van der Waals surface area contributed by atoms with Crippen molar-refractivity contribution in [2.75, 3.05) is 13.7 Å². The number of methoxy groups -OCH3 is 1. The summed E-state index contributed by atoms with van der Waals surface area (Å²) in [5.41, 5.74) is -0.406. The largest absolute Gasteiger partial charge is 0.370 e. The molecule has 0 unspecified atom stereocenters. The van der Waals surface area contributed by atoms with Gasteiger partial charge in [0, 0.05) is 7.11 Å². The highest BCUT2D eigenvalue weighted by Gasteiger charge is 2.34. The van der Waals surface area contributed by atoms with Gasteiger partial charge in [0.05, 0.1) is 6.04 Å². The molecule has 18 heavy (non-hydrogen) atoms. The molecule has 1 aliphatic rings. The quantitative estimate of drug-likeness (QED) is 0.873. The molecule has 2 heterocycles. The maximum Gasteiger partial charge on any atom is 0.243 e. The average molecular weight is 253 g/mol. The van der Waals surface area contributed by atoms with E-state index in [0.29, 0.717) is 11.7 Å². The molecule has 1 N–H and O–H groups in total. The third-order valence-electron chi connectivity index (χ3n) is 3.99. The Kier molecular flexibility index (Phi) is 4.35. The van der Waals surface area contributed by atoms with E-state index >= 15 is 0 Å². The molecule has 1 fully saturated rings. The topological polar surface area (TPSA) is 60.2 Å². The highest BCUT2D eigenvalue weighted by atomic mass is 16.5. The first-order valence-electron chi connectivity index (χ1n) is 6.88. The van der Waals surface area contributed by atoms with Gasteiger partial charge in [-0.3, -0.25) is 0 Å². The van der Waals surface area contributed by atoms with Crippen molar-refractivity contribution >= 4 is 0 Å². The lowest BCUT2D eigenvalue weighted by Crippen LogP contribution is -2.29. The minimum Gasteiger partial charge on any atom is -0.370 e. The van der Waals surface area contributed by atoms with Crippen LogP contribution in [0.25, 0.3) is 0 Å². The molecule has 0 aromatic carbocycles. The molecule has 5 nitrogen and oxygen atoms in total. The van der Waals surface area contributed by atoms with Crippen molar-refractivity contribution in [2.24, 2.45) is 0 Å². The minimum atomic E-state index is -0.406. The number of ether oxygens (including phenoxy) is 1. The van der Waals surface area contributed by atoms with Crippen LogP contribution in [0, 0.1) is 0 Å². The first-order chi connectivity index (χ1) is 8.75. The summed E-state index contributed by atoms with van der Waals surface area (Å²) in [5.74, 6) is 1.38. The molecule has 1 aromatic rings. The molecule has 102 valence electrons. The zero-order valence-corrected chi connectivity index (χ0v) is 11.5. The van der Waals surface area contributed by atoms with Gasteiger partial charge in [0.15, 0.2) is 0 Å². The second kappa shape index (κ2) is 5.80. The Bertz CT molecular complexity index is 360. The highest BCUT2D eigenvalue weighted by molar-refractivity contribution is 5.03. The molecule has 0 amide bonds. The predicted octanol–water partition coefficient (Wildman–Crippen LogP) is 2.55. The molecule has 5 heteroatoms. The van der Waals surface area contributed by atoms with E-state index in [9.17, 15) is 0 Å². The normalized spacial score (nSPS) is 21.2. The summed E-state index contributed by atoms with van der Waals surface area (Å²) in [4.78, 5) is 4.55. The number of piperidine rings is 1. The Morgan fingerprint density at radius 3 is 2.72 bits per heavy atom. The number of hydrogen-bond donors (Lipinski definition) is 1. The van der Waals surface area contributed by atoms with Gasteiger partial charge in [-0.05, 0) is 32.2 Å². The monoisotopic (exact) mass is 253 g/mol. The van der Waals surface area contributed by atoms with Crippen molar-refractivity contribution < 1.29 is 9.26 Å². The van der Waals surface area contributed by atoms with Crippen LogP contribution in [0.5, 0.6) is 0 Å². The van der Waals surface area contributed by atoms with Gasteiger partial charge in [-0.2, -0.15) is 4.98 Å². The first kappa shape index (κ1) is 13.5. The summed E-state index contributed by atoms with van der Waals surface area (Å²) < 4.78 is 11.0. The lowest BCUT2D eigenvalue weighted by Gasteiger charge is -2.26. The van der Waals surface area contributed by atoms with Gasteiger partial charge in [-0.15, -0.1) is 0 Å². The Balaban J connectivity index is 2.18. The van der Waals surface area contributed by atoms with Crippen LogP contribution in [0.3, 0.4) is 0 Å². The van der Waals surface area contributed by atoms with Crippen molar-refractivity contribution in [3.05, 3.63) is 11.7 Å². The van der Waals surface area contributed by atoms with Gasteiger partial charge in [0.2, 0.25) is 11.7 Å². The van der Waals surface area contributed by atoms with E-state index in [4.69, 9.17) is 9.26 Å². The number of rotatable bonds is 5.